The van der Waals surface area contributed by atoms with Crippen LogP contribution < -0.4 is 5.69 Å². The normalized spacial score (nSPS) is 11.2. The Labute approximate surface area is 209 Å². The Hall–Kier alpha value is -4.33. The number of aromatic amines is 1. The first-order valence-electron chi connectivity index (χ1n) is 12.3. The maximum atomic E-state index is 13.6. The number of tetrazole rings is 1. The fourth-order valence-electron chi connectivity index (χ4n) is 4.70. The summed E-state index contributed by atoms with van der Waals surface area (Å²) >= 11 is 0. The first kappa shape index (κ1) is 23.4. The second kappa shape index (κ2) is 10.1. The number of nitrogens with zero attached hydrogens (tertiary/aromatic N) is 6. The predicted molar refractivity (Wildman–Crippen MR) is 140 cm³/mol. The molecule has 0 saturated carbocycles. The molecule has 182 valence electrons. The molecule has 0 bridgehead atoms. The minimum atomic E-state index is -0.0195. The van der Waals surface area contributed by atoms with Gasteiger partial charge in [-0.25, -0.2) is 4.79 Å². The quantitative estimate of drug-likeness (QED) is 0.347. The highest BCUT2D eigenvalue weighted by Crippen LogP contribution is 2.28. The molecule has 0 amide bonds. The molecule has 0 saturated heterocycles. The number of nitrogens with one attached hydrogen (secondary N) is 1. The smallest absolute Gasteiger partial charge is 0.292 e. The highest BCUT2D eigenvalue weighted by Gasteiger charge is 2.17. The number of imidazole rings is 1. The van der Waals surface area contributed by atoms with Crippen molar-refractivity contribution in [3.63, 3.8) is 0 Å². The Morgan fingerprint density at radius 1 is 0.972 bits per heavy atom. The number of aromatic nitrogens is 7. The van der Waals surface area contributed by atoms with Gasteiger partial charge in [0.15, 0.2) is 0 Å². The van der Waals surface area contributed by atoms with Crippen molar-refractivity contribution < 1.29 is 0 Å². The van der Waals surface area contributed by atoms with Crippen LogP contribution in [-0.2, 0) is 19.4 Å². The zero-order valence-corrected chi connectivity index (χ0v) is 20.8. The highest BCUT2D eigenvalue weighted by atomic mass is 16.1. The van der Waals surface area contributed by atoms with Gasteiger partial charge < -0.3 is 0 Å². The Kier molecular flexibility index (Phi) is 6.58. The highest BCUT2D eigenvalue weighted by molar-refractivity contribution is 5.78. The predicted octanol–water partition coefficient (Wildman–Crippen LogP) is 4.75. The van der Waals surface area contributed by atoms with Gasteiger partial charge in [0.1, 0.15) is 0 Å². The molecule has 0 atom stereocenters. The van der Waals surface area contributed by atoms with Crippen molar-refractivity contribution >= 4 is 0 Å². The summed E-state index contributed by atoms with van der Waals surface area (Å²) in [6, 6.07) is 18.1. The summed E-state index contributed by atoms with van der Waals surface area (Å²) in [7, 11) is 0. The van der Waals surface area contributed by atoms with Crippen LogP contribution in [0, 0.1) is 6.92 Å². The molecule has 8 heteroatoms. The zero-order valence-electron chi connectivity index (χ0n) is 20.8. The van der Waals surface area contributed by atoms with Crippen LogP contribution in [0.1, 0.15) is 42.7 Å². The Balaban J connectivity index is 1.50. The number of aryl methyl sites for hydroxylation is 3. The Morgan fingerprint density at radius 2 is 1.81 bits per heavy atom. The van der Waals surface area contributed by atoms with Crippen LogP contribution in [0.5, 0.6) is 0 Å². The van der Waals surface area contributed by atoms with Crippen LogP contribution in [0.25, 0.3) is 28.3 Å². The fraction of sp³-hybridized carbons (Fsp3) is 0.250. The number of para-hydroxylation sites is 1. The summed E-state index contributed by atoms with van der Waals surface area (Å²) in [5, 5.41) is 14.4. The number of rotatable bonds is 8. The molecule has 0 fully saturated rings. The third-order valence-electron chi connectivity index (χ3n) is 6.47. The van der Waals surface area contributed by atoms with E-state index >= 15 is 0 Å². The maximum Gasteiger partial charge on any atom is 0.333 e. The van der Waals surface area contributed by atoms with E-state index in [0.29, 0.717) is 12.4 Å². The van der Waals surface area contributed by atoms with Crippen LogP contribution in [0.2, 0.25) is 0 Å². The molecule has 0 aliphatic heterocycles. The lowest BCUT2D eigenvalue weighted by atomic mass is 10.0. The summed E-state index contributed by atoms with van der Waals surface area (Å²) in [4.78, 5) is 18.4. The molecular formula is C28H29N7O. The Morgan fingerprint density at radius 3 is 2.50 bits per heavy atom. The van der Waals surface area contributed by atoms with Crippen molar-refractivity contribution in [3.05, 3.63) is 99.9 Å². The topological polar surface area (TPSA) is 94.3 Å². The molecule has 36 heavy (non-hydrogen) atoms. The molecule has 0 aliphatic rings. The third-order valence-corrected chi connectivity index (χ3v) is 6.47. The SMILES string of the molecule is CCCc1cn(-c2c(C)cccc2CC)c(=O)n1Cc1ccc(-c2ccccc2-c2nn[nH]n2)nc1. The fourth-order valence-corrected chi connectivity index (χ4v) is 4.70. The molecule has 3 aromatic heterocycles. The van der Waals surface area contributed by atoms with Crippen LogP contribution >= 0.6 is 0 Å². The number of benzene rings is 2. The minimum Gasteiger partial charge on any atom is -0.292 e. The second-order valence-electron chi connectivity index (χ2n) is 8.88. The molecule has 2 aromatic carbocycles. The van der Waals surface area contributed by atoms with Crippen LogP contribution in [0.3, 0.4) is 0 Å². The van der Waals surface area contributed by atoms with Crippen molar-refractivity contribution in [3.8, 4) is 28.3 Å². The zero-order chi connectivity index (χ0) is 25.1. The minimum absolute atomic E-state index is 0.0195. The van der Waals surface area contributed by atoms with E-state index in [1.165, 1.54) is 5.56 Å². The van der Waals surface area contributed by atoms with Crippen molar-refractivity contribution in [2.75, 3.05) is 0 Å². The van der Waals surface area contributed by atoms with Crippen LogP contribution in [-0.4, -0.2) is 34.7 Å². The van der Waals surface area contributed by atoms with Gasteiger partial charge >= 0.3 is 5.69 Å². The molecule has 8 nitrogen and oxygen atoms in total. The van der Waals surface area contributed by atoms with Gasteiger partial charge in [-0.3, -0.25) is 14.1 Å². The van der Waals surface area contributed by atoms with Gasteiger partial charge in [0.25, 0.3) is 0 Å². The Bertz CT molecular complexity index is 1530. The second-order valence-corrected chi connectivity index (χ2v) is 8.88. The van der Waals surface area contributed by atoms with Gasteiger partial charge in [-0.2, -0.15) is 5.21 Å². The van der Waals surface area contributed by atoms with E-state index in [0.717, 1.165) is 58.6 Å². The van der Waals surface area contributed by atoms with Crippen molar-refractivity contribution in [1.82, 2.24) is 34.7 Å². The first-order valence-corrected chi connectivity index (χ1v) is 12.3. The molecule has 0 radical (unpaired) electrons. The monoisotopic (exact) mass is 479 g/mol. The third kappa shape index (κ3) is 4.37. The van der Waals surface area contributed by atoms with Gasteiger partial charge in [-0.15, -0.1) is 10.2 Å². The van der Waals surface area contributed by atoms with Gasteiger partial charge in [0.05, 0.1) is 17.9 Å². The molecule has 0 unspecified atom stereocenters. The van der Waals surface area contributed by atoms with Crippen molar-refractivity contribution in [2.45, 2.75) is 46.6 Å². The standard InChI is InChI=1S/C28H29N7O/c1-4-9-22-18-35(26-19(3)10-8-11-21(26)5-2)28(36)34(22)17-20-14-15-25(29-16-20)23-12-6-7-13-24(23)27-30-32-33-31-27/h6-8,10-16,18H,4-5,9,17H2,1-3H3,(H,30,31,32,33). The molecular weight excluding hydrogens is 450 g/mol. The van der Waals surface area contributed by atoms with E-state index in [1.54, 1.807) is 0 Å². The lowest BCUT2D eigenvalue weighted by Crippen LogP contribution is -2.25. The van der Waals surface area contributed by atoms with Gasteiger partial charge in [-0.1, -0.05) is 68.8 Å². The van der Waals surface area contributed by atoms with Crippen molar-refractivity contribution in [1.29, 1.82) is 0 Å². The lowest BCUT2D eigenvalue weighted by molar-refractivity contribution is 0.689. The summed E-state index contributed by atoms with van der Waals surface area (Å²) in [5.74, 6) is 0.524. The maximum absolute atomic E-state index is 13.6. The van der Waals surface area contributed by atoms with E-state index in [4.69, 9.17) is 4.98 Å². The van der Waals surface area contributed by atoms with E-state index < -0.39 is 0 Å². The number of hydrogen-bond donors (Lipinski definition) is 1. The van der Waals surface area contributed by atoms with Gasteiger partial charge in [0, 0.05) is 29.2 Å². The number of H-pyrrole nitrogens is 1. The van der Waals surface area contributed by atoms with Gasteiger partial charge in [-0.05, 0) is 47.7 Å². The van der Waals surface area contributed by atoms with Crippen molar-refractivity contribution in [2.24, 2.45) is 0 Å². The average molecular weight is 480 g/mol. The van der Waals surface area contributed by atoms with Gasteiger partial charge in [0.2, 0.25) is 5.82 Å². The van der Waals surface area contributed by atoms with Crippen LogP contribution in [0.15, 0.2) is 71.8 Å². The molecule has 5 aromatic rings. The average Bonchev–Trinajstić information content (AvgIpc) is 3.54. The van der Waals surface area contributed by atoms with E-state index in [-0.39, 0.29) is 5.69 Å². The summed E-state index contributed by atoms with van der Waals surface area (Å²) < 4.78 is 3.70. The first-order chi connectivity index (χ1) is 17.6. The number of pyridine rings is 1. The molecule has 3 heterocycles. The largest absolute Gasteiger partial charge is 0.333 e. The summed E-state index contributed by atoms with van der Waals surface area (Å²) in [6.45, 7) is 6.79. The molecule has 5 rings (SSSR count). The lowest BCUT2D eigenvalue weighted by Gasteiger charge is -2.11. The molecule has 0 spiro atoms. The van der Waals surface area contributed by atoms with Crippen LogP contribution in [0.4, 0.5) is 0 Å². The van der Waals surface area contributed by atoms with E-state index in [9.17, 15) is 4.79 Å². The number of hydrogen-bond acceptors (Lipinski definition) is 5. The van der Waals surface area contributed by atoms with E-state index in [1.807, 2.05) is 57.9 Å². The van der Waals surface area contributed by atoms with E-state index in [2.05, 4.69) is 59.6 Å². The summed E-state index contributed by atoms with van der Waals surface area (Å²) in [6.07, 6.45) is 6.51. The molecule has 1 N–H and O–H groups in total. The molecule has 0 aliphatic carbocycles. The summed E-state index contributed by atoms with van der Waals surface area (Å²) in [5.41, 5.74) is 7.83.